The molecule has 0 aliphatic heterocycles. The third kappa shape index (κ3) is 5.34. The van der Waals surface area contributed by atoms with Gasteiger partial charge in [0.05, 0.1) is 24.5 Å². The first kappa shape index (κ1) is 21.7. The van der Waals surface area contributed by atoms with E-state index in [1.807, 2.05) is 47.9 Å². The van der Waals surface area contributed by atoms with Crippen molar-refractivity contribution in [1.29, 1.82) is 0 Å². The summed E-state index contributed by atoms with van der Waals surface area (Å²) in [4.78, 5) is 29.8. The predicted octanol–water partition coefficient (Wildman–Crippen LogP) is 3.52. The van der Waals surface area contributed by atoms with Crippen LogP contribution in [0.5, 0.6) is 0 Å². The number of aryl methyl sites for hydroxylation is 2. The van der Waals surface area contributed by atoms with Crippen LogP contribution in [0.3, 0.4) is 0 Å². The van der Waals surface area contributed by atoms with E-state index in [1.54, 1.807) is 19.4 Å². The van der Waals surface area contributed by atoms with E-state index in [-0.39, 0.29) is 24.1 Å². The summed E-state index contributed by atoms with van der Waals surface area (Å²) in [6.45, 7) is 2.83. The second-order valence-electron chi connectivity index (χ2n) is 6.94. The fourth-order valence-corrected chi connectivity index (χ4v) is 3.58. The minimum Gasteiger partial charge on any atom is -0.378 e. The molecule has 3 rings (SSSR count). The molecule has 30 heavy (non-hydrogen) atoms. The molecule has 2 aromatic heterocycles. The highest BCUT2D eigenvalue weighted by molar-refractivity contribution is 6.30. The van der Waals surface area contributed by atoms with Crippen LogP contribution in [-0.2, 0) is 30.9 Å². The van der Waals surface area contributed by atoms with Gasteiger partial charge in [-0.1, -0.05) is 29.8 Å². The molecule has 0 fully saturated rings. The number of carbonyl (C=O) groups excluding carboxylic acids is 1. The Morgan fingerprint density at radius 3 is 2.73 bits per heavy atom. The molecule has 0 aliphatic rings. The Morgan fingerprint density at radius 2 is 2.03 bits per heavy atom. The van der Waals surface area contributed by atoms with Crippen molar-refractivity contribution in [2.45, 2.75) is 33.0 Å². The fourth-order valence-electron chi connectivity index (χ4n) is 3.37. The Kier molecular flexibility index (Phi) is 7.38. The molecule has 2 heterocycles. The molecule has 0 atom stereocenters. The van der Waals surface area contributed by atoms with Gasteiger partial charge in [-0.05, 0) is 43.2 Å². The molecule has 0 aliphatic carbocycles. The smallest absolute Gasteiger partial charge is 0.257 e. The predicted molar refractivity (Wildman–Crippen MR) is 117 cm³/mol. The first-order valence-electron chi connectivity index (χ1n) is 9.64. The standard InChI is InChI=1S/C23H24ClN3O3/c1-16-12-21(28)22(23(29)26-14-19-8-3-4-10-25-19)20(15-30-2)27(16)11-9-17-6-5-7-18(24)13-17/h3-8,10,12-13H,9,11,14-15H2,1-2H3,(H,26,29). The monoisotopic (exact) mass is 425 g/mol. The highest BCUT2D eigenvalue weighted by Gasteiger charge is 2.20. The van der Waals surface area contributed by atoms with Gasteiger partial charge in [-0.2, -0.15) is 0 Å². The molecule has 0 bridgehead atoms. The van der Waals surface area contributed by atoms with Crippen LogP contribution >= 0.6 is 11.6 Å². The van der Waals surface area contributed by atoms with Gasteiger partial charge in [0.15, 0.2) is 5.43 Å². The van der Waals surface area contributed by atoms with Crippen LogP contribution in [0.1, 0.15) is 33.0 Å². The van der Waals surface area contributed by atoms with Gasteiger partial charge in [-0.3, -0.25) is 14.6 Å². The molecular formula is C23H24ClN3O3. The Bertz CT molecular complexity index is 1080. The molecule has 1 amide bonds. The van der Waals surface area contributed by atoms with Crippen LogP contribution in [0, 0.1) is 6.92 Å². The summed E-state index contributed by atoms with van der Waals surface area (Å²) in [7, 11) is 1.55. The van der Waals surface area contributed by atoms with Crippen LogP contribution in [-0.4, -0.2) is 22.6 Å². The lowest BCUT2D eigenvalue weighted by atomic mass is 10.1. The van der Waals surface area contributed by atoms with Crippen molar-refractivity contribution in [1.82, 2.24) is 14.9 Å². The van der Waals surface area contributed by atoms with E-state index >= 15 is 0 Å². The van der Waals surface area contributed by atoms with E-state index in [4.69, 9.17) is 16.3 Å². The average Bonchev–Trinajstić information content (AvgIpc) is 2.73. The fraction of sp³-hybridized carbons (Fsp3) is 0.261. The molecule has 6 nitrogen and oxygen atoms in total. The summed E-state index contributed by atoms with van der Waals surface area (Å²) >= 11 is 6.09. The summed E-state index contributed by atoms with van der Waals surface area (Å²) in [5, 5.41) is 3.47. The number of hydrogen-bond acceptors (Lipinski definition) is 4. The number of benzene rings is 1. The number of halogens is 1. The molecule has 0 saturated heterocycles. The number of hydrogen-bond donors (Lipinski definition) is 1. The molecule has 0 spiro atoms. The number of amides is 1. The van der Waals surface area contributed by atoms with Gasteiger partial charge in [0.2, 0.25) is 0 Å². The van der Waals surface area contributed by atoms with Crippen LogP contribution in [0.15, 0.2) is 59.5 Å². The van der Waals surface area contributed by atoms with E-state index in [0.717, 1.165) is 11.3 Å². The maximum Gasteiger partial charge on any atom is 0.257 e. The SMILES string of the molecule is COCc1c(C(=O)NCc2ccccn2)c(=O)cc(C)n1CCc1cccc(Cl)c1. The summed E-state index contributed by atoms with van der Waals surface area (Å²) in [6.07, 6.45) is 2.36. The minimum absolute atomic E-state index is 0.101. The van der Waals surface area contributed by atoms with Crippen LogP contribution in [0.4, 0.5) is 0 Å². The van der Waals surface area contributed by atoms with Gasteiger partial charge in [0.1, 0.15) is 5.56 Å². The number of carbonyl (C=O) groups is 1. The largest absolute Gasteiger partial charge is 0.378 e. The maximum atomic E-state index is 12.9. The second-order valence-corrected chi connectivity index (χ2v) is 7.38. The van der Waals surface area contributed by atoms with Crippen molar-refractivity contribution in [3.63, 3.8) is 0 Å². The number of nitrogens with one attached hydrogen (secondary N) is 1. The lowest BCUT2D eigenvalue weighted by molar-refractivity contribution is 0.0941. The van der Waals surface area contributed by atoms with Gasteiger partial charge in [-0.25, -0.2) is 0 Å². The third-order valence-electron chi connectivity index (χ3n) is 4.80. The van der Waals surface area contributed by atoms with E-state index in [2.05, 4.69) is 10.3 Å². The van der Waals surface area contributed by atoms with Gasteiger partial charge in [-0.15, -0.1) is 0 Å². The second kappa shape index (κ2) is 10.2. The zero-order chi connectivity index (χ0) is 21.5. The summed E-state index contributed by atoms with van der Waals surface area (Å²) in [5.74, 6) is -0.436. The van der Waals surface area contributed by atoms with Crippen molar-refractivity contribution < 1.29 is 9.53 Å². The van der Waals surface area contributed by atoms with Gasteiger partial charge >= 0.3 is 0 Å². The van der Waals surface area contributed by atoms with Crippen LogP contribution < -0.4 is 10.7 Å². The summed E-state index contributed by atoms with van der Waals surface area (Å²) < 4.78 is 7.29. The summed E-state index contributed by atoms with van der Waals surface area (Å²) in [6, 6.07) is 14.6. The molecular weight excluding hydrogens is 402 g/mol. The van der Waals surface area contributed by atoms with Crippen molar-refractivity contribution >= 4 is 17.5 Å². The highest BCUT2D eigenvalue weighted by Crippen LogP contribution is 2.15. The lowest BCUT2D eigenvalue weighted by Gasteiger charge is -2.20. The summed E-state index contributed by atoms with van der Waals surface area (Å²) in [5.41, 5.74) is 2.90. The Balaban J connectivity index is 1.89. The van der Waals surface area contributed by atoms with Gasteiger partial charge in [0.25, 0.3) is 5.91 Å². The van der Waals surface area contributed by atoms with Gasteiger partial charge in [0, 0.05) is 36.6 Å². The lowest BCUT2D eigenvalue weighted by Crippen LogP contribution is -2.33. The number of aromatic nitrogens is 2. The molecule has 3 aromatic rings. The number of nitrogens with zero attached hydrogens (tertiary/aromatic N) is 2. The van der Waals surface area contributed by atoms with Crippen molar-refractivity contribution in [3.8, 4) is 0 Å². The molecule has 0 unspecified atom stereocenters. The quantitative estimate of drug-likeness (QED) is 0.599. The van der Waals surface area contributed by atoms with E-state index in [1.165, 1.54) is 6.07 Å². The zero-order valence-corrected chi connectivity index (χ0v) is 17.8. The number of ether oxygens (including phenoxy) is 1. The van der Waals surface area contributed by atoms with Crippen LogP contribution in [0.25, 0.3) is 0 Å². The maximum absolute atomic E-state index is 12.9. The Labute approximate surface area is 180 Å². The molecule has 0 saturated carbocycles. The molecule has 1 aromatic carbocycles. The topological polar surface area (TPSA) is 73.2 Å². The first-order chi connectivity index (χ1) is 14.5. The van der Waals surface area contributed by atoms with E-state index < -0.39 is 5.91 Å². The molecule has 0 radical (unpaired) electrons. The number of rotatable bonds is 8. The number of pyridine rings is 2. The van der Waals surface area contributed by atoms with E-state index in [0.29, 0.717) is 29.4 Å². The Hall–Kier alpha value is -2.96. The third-order valence-corrected chi connectivity index (χ3v) is 5.04. The van der Waals surface area contributed by atoms with Crippen LogP contribution in [0.2, 0.25) is 5.02 Å². The van der Waals surface area contributed by atoms with Crippen molar-refractivity contribution in [3.05, 3.63) is 98.2 Å². The van der Waals surface area contributed by atoms with E-state index in [9.17, 15) is 9.59 Å². The minimum atomic E-state index is -0.436. The highest BCUT2D eigenvalue weighted by atomic mass is 35.5. The van der Waals surface area contributed by atoms with Crippen molar-refractivity contribution in [2.75, 3.05) is 7.11 Å². The molecule has 1 N–H and O–H groups in total. The van der Waals surface area contributed by atoms with Crippen molar-refractivity contribution in [2.24, 2.45) is 0 Å². The normalized spacial score (nSPS) is 10.8. The molecule has 156 valence electrons. The number of methoxy groups -OCH3 is 1. The van der Waals surface area contributed by atoms with Gasteiger partial charge < -0.3 is 14.6 Å². The zero-order valence-electron chi connectivity index (χ0n) is 17.0. The Morgan fingerprint density at radius 1 is 1.20 bits per heavy atom. The first-order valence-corrected chi connectivity index (χ1v) is 10.0. The molecule has 7 heteroatoms. The average molecular weight is 426 g/mol.